The van der Waals surface area contributed by atoms with E-state index in [0.717, 1.165) is 17.9 Å². The number of morpholine rings is 1. The van der Waals surface area contributed by atoms with Crippen molar-refractivity contribution in [3.05, 3.63) is 35.5 Å². The third kappa shape index (κ3) is 3.09. The van der Waals surface area contributed by atoms with Crippen molar-refractivity contribution < 1.29 is 9.53 Å². The summed E-state index contributed by atoms with van der Waals surface area (Å²) in [7, 11) is 1.79. The van der Waals surface area contributed by atoms with Crippen molar-refractivity contribution in [1.29, 1.82) is 0 Å². The molecule has 2 aromatic heterocycles. The Hall–Kier alpha value is -2.48. The molecule has 24 heavy (non-hydrogen) atoms. The molecule has 8 nitrogen and oxygen atoms in total. The van der Waals surface area contributed by atoms with Gasteiger partial charge in [0, 0.05) is 38.7 Å². The zero-order valence-electron chi connectivity index (χ0n) is 14.2. The van der Waals surface area contributed by atoms with Crippen LogP contribution in [0, 0.1) is 6.92 Å². The minimum absolute atomic E-state index is 0.0182. The summed E-state index contributed by atoms with van der Waals surface area (Å²) in [6.07, 6.45) is 4.78. The zero-order chi connectivity index (χ0) is 17.1. The Kier molecular flexibility index (Phi) is 4.75. The number of anilines is 1. The molecule has 8 heteroatoms. The van der Waals surface area contributed by atoms with Gasteiger partial charge in [0.15, 0.2) is 0 Å². The minimum atomic E-state index is -0.291. The van der Waals surface area contributed by atoms with Crippen LogP contribution in [0.15, 0.2) is 18.6 Å². The van der Waals surface area contributed by atoms with Gasteiger partial charge in [0.1, 0.15) is 17.6 Å². The second-order valence-electron chi connectivity index (χ2n) is 5.63. The lowest BCUT2D eigenvalue weighted by Gasteiger charge is -2.33. The zero-order valence-corrected chi connectivity index (χ0v) is 14.2. The summed E-state index contributed by atoms with van der Waals surface area (Å²) in [5.74, 6) is 0.655. The summed E-state index contributed by atoms with van der Waals surface area (Å²) < 4.78 is 7.60. The Morgan fingerprint density at radius 2 is 2.21 bits per heavy atom. The molecule has 1 N–H and O–H groups in total. The van der Waals surface area contributed by atoms with Crippen molar-refractivity contribution in [3.63, 3.8) is 0 Å². The number of hydrogen-bond acceptors (Lipinski definition) is 6. The molecule has 128 valence electrons. The van der Waals surface area contributed by atoms with Crippen LogP contribution in [0.1, 0.15) is 34.8 Å². The quantitative estimate of drug-likeness (QED) is 0.908. The molecule has 1 atom stereocenters. The highest BCUT2D eigenvalue weighted by Crippen LogP contribution is 2.26. The smallest absolute Gasteiger partial charge is 0.257 e. The molecule has 0 unspecified atom stereocenters. The maximum Gasteiger partial charge on any atom is 0.257 e. The first-order chi connectivity index (χ1) is 11.6. The van der Waals surface area contributed by atoms with Crippen LogP contribution in [0.5, 0.6) is 0 Å². The van der Waals surface area contributed by atoms with E-state index < -0.39 is 0 Å². The number of rotatable bonds is 4. The molecule has 2 aromatic rings. The van der Waals surface area contributed by atoms with Gasteiger partial charge in [-0.3, -0.25) is 14.5 Å². The molecule has 0 bridgehead atoms. The van der Waals surface area contributed by atoms with Gasteiger partial charge in [-0.1, -0.05) is 0 Å². The molecule has 0 spiro atoms. The Balaban J connectivity index is 1.80. The van der Waals surface area contributed by atoms with Gasteiger partial charge >= 0.3 is 0 Å². The standard InChI is InChI=1S/C16H22N6O2/c1-4-22-9-12(11(2)20-22)16(23)21-7-8-24-13(10-21)14-15(17-3)19-6-5-18-14/h5-6,9,13H,4,7-8,10H2,1-3H3,(H,17,19)/t13-/m1/s1. The summed E-state index contributed by atoms with van der Waals surface area (Å²) in [5, 5.41) is 7.37. The molecule has 3 rings (SSSR count). The molecular formula is C16H22N6O2. The van der Waals surface area contributed by atoms with Crippen molar-refractivity contribution in [3.8, 4) is 0 Å². The van der Waals surface area contributed by atoms with E-state index in [9.17, 15) is 4.79 Å². The largest absolute Gasteiger partial charge is 0.372 e. The fraction of sp³-hybridized carbons (Fsp3) is 0.500. The fourth-order valence-corrected chi connectivity index (χ4v) is 2.84. The molecule has 1 aliphatic heterocycles. The van der Waals surface area contributed by atoms with Crippen LogP contribution in [0.4, 0.5) is 5.82 Å². The number of aryl methyl sites for hydroxylation is 2. The molecule has 0 radical (unpaired) electrons. The molecule has 0 aliphatic carbocycles. The lowest BCUT2D eigenvalue weighted by atomic mass is 10.1. The van der Waals surface area contributed by atoms with Crippen molar-refractivity contribution in [2.45, 2.75) is 26.5 Å². The van der Waals surface area contributed by atoms with E-state index in [0.29, 0.717) is 31.1 Å². The number of carbonyl (C=O) groups is 1. The van der Waals surface area contributed by atoms with Crippen molar-refractivity contribution in [2.24, 2.45) is 0 Å². The van der Waals surface area contributed by atoms with Crippen molar-refractivity contribution in [2.75, 3.05) is 32.1 Å². The van der Waals surface area contributed by atoms with Crippen molar-refractivity contribution >= 4 is 11.7 Å². The van der Waals surface area contributed by atoms with Crippen LogP contribution in [-0.4, -0.2) is 57.3 Å². The van der Waals surface area contributed by atoms with E-state index in [-0.39, 0.29) is 12.0 Å². The van der Waals surface area contributed by atoms with Crippen LogP contribution in [-0.2, 0) is 11.3 Å². The third-order valence-electron chi connectivity index (χ3n) is 4.12. The van der Waals surface area contributed by atoms with Gasteiger partial charge < -0.3 is 15.0 Å². The van der Waals surface area contributed by atoms with Gasteiger partial charge in [-0.15, -0.1) is 0 Å². The van der Waals surface area contributed by atoms with Gasteiger partial charge in [0.05, 0.1) is 24.4 Å². The summed E-state index contributed by atoms with van der Waals surface area (Å²) in [6.45, 7) is 6.07. The van der Waals surface area contributed by atoms with Crippen molar-refractivity contribution in [1.82, 2.24) is 24.6 Å². The second-order valence-corrected chi connectivity index (χ2v) is 5.63. The molecular weight excluding hydrogens is 308 g/mol. The molecule has 0 aromatic carbocycles. The van der Waals surface area contributed by atoms with E-state index >= 15 is 0 Å². The first-order valence-electron chi connectivity index (χ1n) is 8.07. The molecule has 1 saturated heterocycles. The lowest BCUT2D eigenvalue weighted by Crippen LogP contribution is -2.42. The monoisotopic (exact) mass is 330 g/mol. The fourth-order valence-electron chi connectivity index (χ4n) is 2.84. The van der Waals surface area contributed by atoms with Crippen LogP contribution < -0.4 is 5.32 Å². The Labute approximate surface area is 140 Å². The van der Waals surface area contributed by atoms with E-state index in [1.807, 2.05) is 20.0 Å². The van der Waals surface area contributed by atoms with Crippen LogP contribution >= 0.6 is 0 Å². The highest BCUT2D eigenvalue weighted by Gasteiger charge is 2.30. The third-order valence-corrected chi connectivity index (χ3v) is 4.12. The predicted octanol–water partition coefficient (Wildman–Crippen LogP) is 1.26. The van der Waals surface area contributed by atoms with Gasteiger partial charge in [-0.25, -0.2) is 4.98 Å². The summed E-state index contributed by atoms with van der Waals surface area (Å²) in [4.78, 5) is 23.3. The normalized spacial score (nSPS) is 17.8. The van der Waals surface area contributed by atoms with E-state index in [2.05, 4.69) is 20.4 Å². The van der Waals surface area contributed by atoms with Gasteiger partial charge in [-0.2, -0.15) is 5.10 Å². The van der Waals surface area contributed by atoms with Crippen LogP contribution in [0.2, 0.25) is 0 Å². The van der Waals surface area contributed by atoms with Crippen LogP contribution in [0.25, 0.3) is 0 Å². The number of carbonyl (C=O) groups excluding carboxylic acids is 1. The first-order valence-corrected chi connectivity index (χ1v) is 8.07. The number of aromatic nitrogens is 4. The second kappa shape index (κ2) is 6.96. The number of amides is 1. The maximum atomic E-state index is 12.8. The van der Waals surface area contributed by atoms with E-state index in [4.69, 9.17) is 4.74 Å². The minimum Gasteiger partial charge on any atom is -0.372 e. The number of nitrogens with one attached hydrogen (secondary N) is 1. The van der Waals surface area contributed by atoms with E-state index in [1.165, 1.54) is 0 Å². The Morgan fingerprint density at radius 3 is 2.92 bits per heavy atom. The average Bonchev–Trinajstić information content (AvgIpc) is 3.02. The molecule has 1 fully saturated rings. The number of nitrogens with zero attached hydrogens (tertiary/aromatic N) is 5. The average molecular weight is 330 g/mol. The lowest BCUT2D eigenvalue weighted by molar-refractivity contribution is -0.0245. The van der Waals surface area contributed by atoms with Gasteiger partial charge in [0.2, 0.25) is 0 Å². The summed E-state index contributed by atoms with van der Waals surface area (Å²) in [5.41, 5.74) is 2.12. The molecule has 0 saturated carbocycles. The number of hydrogen-bond donors (Lipinski definition) is 1. The SMILES string of the molecule is CCn1cc(C(=O)N2CCO[C@@H](c3nccnc3NC)C2)c(C)n1. The Bertz CT molecular complexity index is 729. The van der Waals surface area contributed by atoms with Gasteiger partial charge in [0.25, 0.3) is 5.91 Å². The number of ether oxygens (including phenoxy) is 1. The van der Waals surface area contributed by atoms with Crippen LogP contribution in [0.3, 0.4) is 0 Å². The topological polar surface area (TPSA) is 85.2 Å². The molecule has 3 heterocycles. The summed E-state index contributed by atoms with van der Waals surface area (Å²) >= 11 is 0. The highest BCUT2D eigenvalue weighted by molar-refractivity contribution is 5.95. The Morgan fingerprint density at radius 1 is 1.42 bits per heavy atom. The highest BCUT2D eigenvalue weighted by atomic mass is 16.5. The summed E-state index contributed by atoms with van der Waals surface area (Å²) in [6, 6.07) is 0. The molecule has 1 amide bonds. The maximum absolute atomic E-state index is 12.8. The van der Waals surface area contributed by atoms with Gasteiger partial charge in [-0.05, 0) is 13.8 Å². The first kappa shape index (κ1) is 16.4. The van der Waals surface area contributed by atoms with E-state index in [1.54, 1.807) is 29.0 Å². The molecule has 1 aliphatic rings. The predicted molar refractivity (Wildman–Crippen MR) is 88.8 cm³/mol.